The second kappa shape index (κ2) is 9.83. The molecule has 0 aliphatic heterocycles. The standard InChI is InChI=1S/C19H22N4O6S/c1-13(24)22-15-5-3-14(4-6-15)11-19(25)21-10-9-20-17-8-7-16(30(2,28)29)12-18(17)23(26)27/h3-8,12,20H,9-11H2,1-2H3,(H,21,25)(H,22,24). The van der Waals surface area contributed by atoms with E-state index in [4.69, 9.17) is 0 Å². The van der Waals surface area contributed by atoms with Gasteiger partial charge in [-0.25, -0.2) is 8.42 Å². The lowest BCUT2D eigenvalue weighted by molar-refractivity contribution is -0.384. The summed E-state index contributed by atoms with van der Waals surface area (Å²) in [5.74, 6) is -0.412. The summed E-state index contributed by atoms with van der Waals surface area (Å²) >= 11 is 0. The highest BCUT2D eigenvalue weighted by molar-refractivity contribution is 7.90. The van der Waals surface area contributed by atoms with Gasteiger partial charge in [0.1, 0.15) is 5.69 Å². The van der Waals surface area contributed by atoms with Crippen molar-refractivity contribution < 1.29 is 22.9 Å². The maximum Gasteiger partial charge on any atom is 0.293 e. The first-order valence-corrected chi connectivity index (χ1v) is 10.8. The van der Waals surface area contributed by atoms with E-state index in [2.05, 4.69) is 16.0 Å². The van der Waals surface area contributed by atoms with Crippen molar-refractivity contribution in [1.29, 1.82) is 0 Å². The van der Waals surface area contributed by atoms with Crippen LogP contribution in [0.4, 0.5) is 17.1 Å². The number of rotatable bonds is 9. The number of carbonyl (C=O) groups excluding carboxylic acids is 2. The average Bonchev–Trinajstić information content (AvgIpc) is 2.65. The van der Waals surface area contributed by atoms with E-state index in [9.17, 15) is 28.1 Å². The van der Waals surface area contributed by atoms with E-state index in [-0.39, 0.29) is 47.6 Å². The predicted octanol–water partition coefficient (Wildman–Crippen LogP) is 1.73. The third kappa shape index (κ3) is 6.85. The topological polar surface area (TPSA) is 148 Å². The molecule has 0 saturated heterocycles. The molecule has 11 heteroatoms. The number of anilines is 2. The molecular weight excluding hydrogens is 412 g/mol. The Morgan fingerprint density at radius 2 is 1.73 bits per heavy atom. The first-order valence-electron chi connectivity index (χ1n) is 8.92. The first kappa shape index (κ1) is 22.8. The van der Waals surface area contributed by atoms with Crippen molar-refractivity contribution in [2.24, 2.45) is 0 Å². The van der Waals surface area contributed by atoms with Crippen molar-refractivity contribution >= 4 is 38.7 Å². The minimum absolute atomic E-state index is 0.141. The molecule has 0 radical (unpaired) electrons. The minimum atomic E-state index is -3.56. The molecule has 0 bridgehead atoms. The van der Waals surface area contributed by atoms with Gasteiger partial charge in [-0.05, 0) is 29.8 Å². The number of hydrogen-bond acceptors (Lipinski definition) is 7. The van der Waals surface area contributed by atoms with Crippen LogP contribution in [-0.2, 0) is 25.8 Å². The molecular formula is C19H22N4O6S. The van der Waals surface area contributed by atoms with Crippen LogP contribution >= 0.6 is 0 Å². The maximum atomic E-state index is 12.0. The summed E-state index contributed by atoms with van der Waals surface area (Å²) in [6.45, 7) is 1.84. The van der Waals surface area contributed by atoms with E-state index >= 15 is 0 Å². The summed E-state index contributed by atoms with van der Waals surface area (Å²) in [6, 6.07) is 10.5. The van der Waals surface area contributed by atoms with Crippen LogP contribution in [0.25, 0.3) is 0 Å². The molecule has 0 aromatic heterocycles. The normalized spacial score (nSPS) is 10.9. The molecule has 0 fully saturated rings. The highest BCUT2D eigenvalue weighted by atomic mass is 32.2. The number of nitrogens with one attached hydrogen (secondary N) is 3. The molecule has 3 N–H and O–H groups in total. The van der Waals surface area contributed by atoms with Crippen molar-refractivity contribution in [2.75, 3.05) is 30.0 Å². The van der Waals surface area contributed by atoms with Gasteiger partial charge in [-0.15, -0.1) is 0 Å². The van der Waals surface area contributed by atoms with Gasteiger partial charge in [0, 0.05) is 38.0 Å². The van der Waals surface area contributed by atoms with Crippen LogP contribution in [0.2, 0.25) is 0 Å². The number of nitro groups is 1. The smallest absolute Gasteiger partial charge is 0.293 e. The Morgan fingerprint density at radius 3 is 2.30 bits per heavy atom. The highest BCUT2D eigenvalue weighted by Gasteiger charge is 2.18. The van der Waals surface area contributed by atoms with Gasteiger partial charge in [-0.2, -0.15) is 0 Å². The van der Waals surface area contributed by atoms with Gasteiger partial charge < -0.3 is 16.0 Å². The Kier molecular flexibility index (Phi) is 7.48. The van der Waals surface area contributed by atoms with Gasteiger partial charge >= 0.3 is 0 Å². The van der Waals surface area contributed by atoms with Gasteiger partial charge in [0.05, 0.1) is 16.2 Å². The molecule has 2 amide bonds. The fourth-order valence-corrected chi connectivity index (χ4v) is 3.24. The van der Waals surface area contributed by atoms with Crippen molar-refractivity contribution in [2.45, 2.75) is 18.2 Å². The quantitative estimate of drug-likeness (QED) is 0.309. The molecule has 0 aliphatic rings. The summed E-state index contributed by atoms with van der Waals surface area (Å²) in [5.41, 5.74) is 1.21. The van der Waals surface area contributed by atoms with Crippen molar-refractivity contribution in [3.63, 3.8) is 0 Å². The molecule has 2 rings (SSSR count). The number of benzene rings is 2. The molecule has 10 nitrogen and oxygen atoms in total. The Hall–Kier alpha value is -3.47. The maximum absolute atomic E-state index is 12.0. The molecule has 2 aromatic carbocycles. The highest BCUT2D eigenvalue weighted by Crippen LogP contribution is 2.27. The van der Waals surface area contributed by atoms with Crippen LogP contribution < -0.4 is 16.0 Å². The molecule has 0 atom stereocenters. The van der Waals surface area contributed by atoms with Crippen molar-refractivity contribution in [1.82, 2.24) is 5.32 Å². The van der Waals surface area contributed by atoms with Gasteiger partial charge in [0.25, 0.3) is 5.69 Å². The summed E-state index contributed by atoms with van der Waals surface area (Å²) in [4.78, 5) is 33.4. The van der Waals surface area contributed by atoms with Crippen LogP contribution in [-0.4, -0.2) is 44.5 Å². The fourth-order valence-electron chi connectivity index (χ4n) is 2.60. The zero-order valence-corrected chi connectivity index (χ0v) is 17.3. The van der Waals surface area contributed by atoms with Crippen molar-refractivity contribution in [3.8, 4) is 0 Å². The zero-order chi connectivity index (χ0) is 22.3. The third-order valence-electron chi connectivity index (χ3n) is 4.00. The Labute approximate surface area is 173 Å². The van der Waals surface area contributed by atoms with Gasteiger partial charge in [0.2, 0.25) is 11.8 Å². The lowest BCUT2D eigenvalue weighted by atomic mass is 10.1. The lowest BCUT2D eigenvalue weighted by Gasteiger charge is -2.10. The number of hydrogen-bond donors (Lipinski definition) is 3. The largest absolute Gasteiger partial charge is 0.378 e. The molecule has 2 aromatic rings. The van der Waals surface area contributed by atoms with Crippen molar-refractivity contribution in [3.05, 3.63) is 58.1 Å². The second-order valence-electron chi connectivity index (χ2n) is 6.54. The Bertz CT molecular complexity index is 1050. The molecule has 0 unspecified atom stereocenters. The Morgan fingerprint density at radius 1 is 1.07 bits per heavy atom. The van der Waals surface area contributed by atoms with Crippen LogP contribution in [0, 0.1) is 10.1 Å². The lowest BCUT2D eigenvalue weighted by Crippen LogP contribution is -2.30. The summed E-state index contributed by atoms with van der Waals surface area (Å²) in [7, 11) is -3.56. The SMILES string of the molecule is CC(=O)Nc1ccc(CC(=O)NCCNc2ccc(S(C)(=O)=O)cc2[N+](=O)[O-])cc1. The molecule has 0 heterocycles. The molecule has 0 spiro atoms. The number of nitrogens with zero attached hydrogens (tertiary/aromatic N) is 1. The van der Waals surface area contributed by atoms with E-state index < -0.39 is 14.8 Å². The molecule has 160 valence electrons. The van der Waals surface area contributed by atoms with Crippen LogP contribution in [0.15, 0.2) is 47.4 Å². The van der Waals surface area contributed by atoms with Gasteiger partial charge in [-0.1, -0.05) is 12.1 Å². The van der Waals surface area contributed by atoms with E-state index in [0.717, 1.165) is 17.9 Å². The summed E-state index contributed by atoms with van der Waals surface area (Å²) < 4.78 is 23.1. The number of nitro benzene ring substituents is 1. The Balaban J connectivity index is 1.86. The predicted molar refractivity (Wildman–Crippen MR) is 112 cm³/mol. The number of carbonyl (C=O) groups is 2. The van der Waals surface area contributed by atoms with Crippen LogP contribution in [0.5, 0.6) is 0 Å². The van der Waals surface area contributed by atoms with E-state index in [1.165, 1.54) is 19.1 Å². The third-order valence-corrected chi connectivity index (χ3v) is 5.11. The summed E-state index contributed by atoms with van der Waals surface area (Å²) in [6.07, 6.45) is 1.12. The van der Waals surface area contributed by atoms with Gasteiger partial charge in [-0.3, -0.25) is 19.7 Å². The molecule has 0 saturated carbocycles. The number of amides is 2. The van der Waals surface area contributed by atoms with E-state index in [1.807, 2.05) is 0 Å². The number of sulfone groups is 1. The molecule has 0 aliphatic carbocycles. The fraction of sp³-hybridized carbons (Fsp3) is 0.263. The first-order chi connectivity index (χ1) is 14.1. The van der Waals surface area contributed by atoms with E-state index in [0.29, 0.717) is 5.69 Å². The van der Waals surface area contributed by atoms with E-state index in [1.54, 1.807) is 24.3 Å². The van der Waals surface area contributed by atoms with Gasteiger partial charge in [0.15, 0.2) is 9.84 Å². The van der Waals surface area contributed by atoms with Crippen LogP contribution in [0.1, 0.15) is 12.5 Å². The zero-order valence-electron chi connectivity index (χ0n) is 16.5. The van der Waals surface area contributed by atoms with Crippen LogP contribution in [0.3, 0.4) is 0 Å². The minimum Gasteiger partial charge on any atom is -0.378 e. The average molecular weight is 434 g/mol. The summed E-state index contributed by atoms with van der Waals surface area (Å²) in [5, 5.41) is 19.4. The second-order valence-corrected chi connectivity index (χ2v) is 8.56. The molecule has 30 heavy (non-hydrogen) atoms. The monoisotopic (exact) mass is 434 g/mol.